The average Bonchev–Trinajstić information content (AvgIpc) is 2.88. The number of rotatable bonds is 4. The molecule has 6 heteroatoms. The Hall–Kier alpha value is -2.37. The predicted molar refractivity (Wildman–Crippen MR) is 118 cm³/mol. The van der Waals surface area contributed by atoms with Gasteiger partial charge in [-0.25, -0.2) is 0 Å². The summed E-state index contributed by atoms with van der Waals surface area (Å²) in [5.41, 5.74) is 7.31. The predicted octanol–water partition coefficient (Wildman–Crippen LogP) is 5.63. The molecular weight excluding hydrogens is 376 g/mol. The van der Waals surface area contributed by atoms with Gasteiger partial charge in [-0.3, -0.25) is 4.68 Å². The molecule has 1 heterocycles. The fraction of sp³-hybridized carbons (Fsp3) is 0.238. The zero-order valence-electron chi connectivity index (χ0n) is 15.9. The minimum Gasteiger partial charge on any atom is -0.332 e. The van der Waals surface area contributed by atoms with E-state index in [4.69, 9.17) is 23.8 Å². The van der Waals surface area contributed by atoms with Crippen LogP contribution < -0.4 is 10.6 Å². The van der Waals surface area contributed by atoms with Gasteiger partial charge in [0.15, 0.2) is 5.11 Å². The van der Waals surface area contributed by atoms with Gasteiger partial charge in [-0.15, -0.1) is 0 Å². The highest BCUT2D eigenvalue weighted by atomic mass is 35.5. The third-order valence-electron chi connectivity index (χ3n) is 4.66. The molecule has 2 N–H and O–H groups in total. The van der Waals surface area contributed by atoms with Gasteiger partial charge in [0.05, 0.1) is 23.6 Å². The van der Waals surface area contributed by atoms with Crippen LogP contribution in [-0.4, -0.2) is 14.9 Å². The number of halogens is 1. The molecule has 0 amide bonds. The number of nitrogens with one attached hydrogen (secondary N) is 2. The van der Waals surface area contributed by atoms with E-state index in [2.05, 4.69) is 41.7 Å². The SMILES string of the molecule is Cc1ccc(NC(=S)Nc2c(C)nn(Cc3ccccc3Cl)c2C)cc1C. The number of thiocarbonyl (C=S) groups is 1. The Morgan fingerprint density at radius 1 is 1.04 bits per heavy atom. The lowest BCUT2D eigenvalue weighted by molar-refractivity contribution is 0.659. The van der Waals surface area contributed by atoms with Crippen LogP contribution in [0.25, 0.3) is 0 Å². The zero-order chi connectivity index (χ0) is 19.6. The summed E-state index contributed by atoms with van der Waals surface area (Å²) < 4.78 is 1.94. The lowest BCUT2D eigenvalue weighted by Crippen LogP contribution is -2.20. The van der Waals surface area contributed by atoms with Gasteiger partial charge in [0.1, 0.15) is 0 Å². The van der Waals surface area contributed by atoms with Crippen molar-refractivity contribution in [2.24, 2.45) is 0 Å². The number of hydrogen-bond donors (Lipinski definition) is 2. The molecule has 0 spiro atoms. The maximum atomic E-state index is 6.28. The van der Waals surface area contributed by atoms with E-state index < -0.39 is 0 Å². The fourth-order valence-corrected chi connectivity index (χ4v) is 3.33. The number of nitrogens with zero attached hydrogens (tertiary/aromatic N) is 2. The summed E-state index contributed by atoms with van der Waals surface area (Å²) in [6.07, 6.45) is 0. The van der Waals surface area contributed by atoms with Gasteiger partial charge >= 0.3 is 0 Å². The maximum Gasteiger partial charge on any atom is 0.175 e. The van der Waals surface area contributed by atoms with Gasteiger partial charge in [-0.2, -0.15) is 5.10 Å². The van der Waals surface area contributed by atoms with Crippen LogP contribution in [0.3, 0.4) is 0 Å². The molecule has 3 rings (SSSR count). The minimum atomic E-state index is 0.543. The van der Waals surface area contributed by atoms with Crippen molar-refractivity contribution >= 4 is 40.3 Å². The molecule has 0 bridgehead atoms. The number of benzene rings is 2. The first-order chi connectivity index (χ1) is 12.8. The summed E-state index contributed by atoms with van der Waals surface area (Å²) in [5.74, 6) is 0. The second-order valence-electron chi connectivity index (χ2n) is 6.67. The largest absolute Gasteiger partial charge is 0.332 e. The summed E-state index contributed by atoms with van der Waals surface area (Å²) >= 11 is 11.8. The third kappa shape index (κ3) is 4.49. The van der Waals surface area contributed by atoms with Gasteiger partial charge in [0.2, 0.25) is 0 Å². The van der Waals surface area contributed by atoms with E-state index in [9.17, 15) is 0 Å². The van der Waals surface area contributed by atoms with E-state index in [1.165, 1.54) is 11.1 Å². The molecule has 0 aliphatic carbocycles. The molecule has 27 heavy (non-hydrogen) atoms. The summed E-state index contributed by atoms with van der Waals surface area (Å²) in [6.45, 7) is 8.79. The standard InChI is InChI=1S/C21H23ClN4S/c1-13-9-10-18(11-14(13)2)23-21(27)24-20-15(3)25-26(16(20)4)12-17-7-5-6-8-19(17)22/h5-11H,12H2,1-4H3,(H2,23,24,27). The van der Waals surface area contributed by atoms with Crippen LogP contribution in [0, 0.1) is 27.7 Å². The van der Waals surface area contributed by atoms with Crippen LogP contribution in [0.5, 0.6) is 0 Å². The van der Waals surface area contributed by atoms with Crippen molar-refractivity contribution in [1.29, 1.82) is 0 Å². The Morgan fingerprint density at radius 3 is 2.48 bits per heavy atom. The van der Waals surface area contributed by atoms with Crippen molar-refractivity contribution in [3.63, 3.8) is 0 Å². The Labute approximate surface area is 170 Å². The number of hydrogen-bond acceptors (Lipinski definition) is 2. The molecule has 0 aliphatic heterocycles. The second-order valence-corrected chi connectivity index (χ2v) is 7.49. The molecule has 0 radical (unpaired) electrons. The van der Waals surface area contributed by atoms with E-state index in [1.54, 1.807) is 0 Å². The molecule has 0 saturated carbocycles. The molecule has 140 valence electrons. The van der Waals surface area contributed by atoms with Crippen molar-refractivity contribution in [3.05, 3.63) is 75.6 Å². The molecule has 0 saturated heterocycles. The molecule has 1 aromatic heterocycles. The highest BCUT2D eigenvalue weighted by Gasteiger charge is 2.14. The topological polar surface area (TPSA) is 41.9 Å². The first-order valence-corrected chi connectivity index (χ1v) is 9.56. The maximum absolute atomic E-state index is 6.28. The van der Waals surface area contributed by atoms with E-state index in [1.807, 2.05) is 48.9 Å². The van der Waals surface area contributed by atoms with Gasteiger partial charge in [0.25, 0.3) is 0 Å². The molecule has 0 unspecified atom stereocenters. The minimum absolute atomic E-state index is 0.543. The quantitative estimate of drug-likeness (QED) is 0.559. The van der Waals surface area contributed by atoms with Crippen LogP contribution in [0.2, 0.25) is 5.02 Å². The Bertz CT molecular complexity index is 994. The van der Waals surface area contributed by atoms with Crippen LogP contribution in [-0.2, 0) is 6.54 Å². The molecule has 0 fully saturated rings. The molecule has 0 atom stereocenters. The van der Waals surface area contributed by atoms with Crippen LogP contribution in [0.15, 0.2) is 42.5 Å². The van der Waals surface area contributed by atoms with E-state index >= 15 is 0 Å². The lowest BCUT2D eigenvalue weighted by Gasteiger charge is -2.12. The van der Waals surface area contributed by atoms with Crippen molar-refractivity contribution in [2.45, 2.75) is 34.2 Å². The molecule has 3 aromatic rings. The summed E-state index contributed by atoms with van der Waals surface area (Å²) in [5, 5.41) is 12.5. The van der Waals surface area contributed by atoms with Gasteiger partial charge in [0, 0.05) is 10.7 Å². The van der Waals surface area contributed by atoms with Crippen LogP contribution in [0.4, 0.5) is 11.4 Å². The number of anilines is 2. The van der Waals surface area contributed by atoms with Crippen LogP contribution >= 0.6 is 23.8 Å². The fourth-order valence-electron chi connectivity index (χ4n) is 2.91. The number of aromatic nitrogens is 2. The van der Waals surface area contributed by atoms with Crippen molar-refractivity contribution in [2.75, 3.05) is 10.6 Å². The normalized spacial score (nSPS) is 10.7. The molecular formula is C21H23ClN4S. The smallest absolute Gasteiger partial charge is 0.175 e. The highest BCUT2D eigenvalue weighted by molar-refractivity contribution is 7.80. The van der Waals surface area contributed by atoms with E-state index in [-0.39, 0.29) is 0 Å². The molecule has 2 aromatic carbocycles. The van der Waals surface area contributed by atoms with Gasteiger partial charge < -0.3 is 10.6 Å². The summed E-state index contributed by atoms with van der Waals surface area (Å²) in [7, 11) is 0. The monoisotopic (exact) mass is 398 g/mol. The van der Waals surface area contributed by atoms with Gasteiger partial charge in [-0.1, -0.05) is 35.9 Å². The number of aryl methyl sites for hydroxylation is 3. The first kappa shape index (κ1) is 19.4. The molecule has 4 nitrogen and oxygen atoms in total. The van der Waals surface area contributed by atoms with Crippen LogP contribution in [0.1, 0.15) is 28.1 Å². The van der Waals surface area contributed by atoms with E-state index in [0.29, 0.717) is 11.7 Å². The lowest BCUT2D eigenvalue weighted by atomic mass is 10.1. The van der Waals surface area contributed by atoms with Crippen molar-refractivity contribution in [3.8, 4) is 0 Å². The Morgan fingerprint density at radius 2 is 1.78 bits per heavy atom. The average molecular weight is 399 g/mol. The molecule has 0 aliphatic rings. The second kappa shape index (κ2) is 8.11. The Balaban J connectivity index is 1.75. The van der Waals surface area contributed by atoms with Crippen molar-refractivity contribution in [1.82, 2.24) is 9.78 Å². The van der Waals surface area contributed by atoms with E-state index in [0.717, 1.165) is 33.3 Å². The van der Waals surface area contributed by atoms with Crippen molar-refractivity contribution < 1.29 is 0 Å². The summed E-state index contributed by atoms with van der Waals surface area (Å²) in [4.78, 5) is 0. The first-order valence-electron chi connectivity index (χ1n) is 8.78. The highest BCUT2D eigenvalue weighted by Crippen LogP contribution is 2.23. The third-order valence-corrected chi connectivity index (χ3v) is 5.24. The Kier molecular flexibility index (Phi) is 5.82. The zero-order valence-corrected chi connectivity index (χ0v) is 17.5. The van der Waals surface area contributed by atoms with Gasteiger partial charge in [-0.05, 0) is 74.8 Å². The summed E-state index contributed by atoms with van der Waals surface area (Å²) in [6, 6.07) is 14.0.